The highest BCUT2D eigenvalue weighted by molar-refractivity contribution is 9.10. The molecule has 1 aromatic carbocycles. The van der Waals surface area contributed by atoms with Crippen molar-refractivity contribution in [3.63, 3.8) is 0 Å². The molecule has 0 spiro atoms. The summed E-state index contributed by atoms with van der Waals surface area (Å²) in [5.74, 6) is 0.620. The molecule has 102 valence electrons. The number of rotatable bonds is 4. The SMILES string of the molecule is Cc1noc(C)c1CNS(=O)(=O)c1cccc(Br)c1. The number of aryl methyl sites for hydroxylation is 2. The Morgan fingerprint density at radius 3 is 2.68 bits per heavy atom. The van der Waals surface area contributed by atoms with Gasteiger partial charge in [0.1, 0.15) is 5.76 Å². The Morgan fingerprint density at radius 1 is 1.37 bits per heavy atom. The molecule has 0 radical (unpaired) electrons. The molecule has 0 aliphatic carbocycles. The van der Waals surface area contributed by atoms with E-state index in [-0.39, 0.29) is 11.4 Å². The van der Waals surface area contributed by atoms with E-state index in [9.17, 15) is 8.42 Å². The Labute approximate surface area is 120 Å². The fourth-order valence-corrected chi connectivity index (χ4v) is 3.23. The van der Waals surface area contributed by atoms with Crippen LogP contribution < -0.4 is 4.72 Å². The number of hydrogen-bond donors (Lipinski definition) is 1. The Hall–Kier alpha value is -1.18. The molecule has 2 aromatic rings. The summed E-state index contributed by atoms with van der Waals surface area (Å²) in [5, 5.41) is 3.79. The van der Waals surface area contributed by atoms with Gasteiger partial charge in [0.2, 0.25) is 10.0 Å². The minimum atomic E-state index is -3.54. The lowest BCUT2D eigenvalue weighted by Crippen LogP contribution is -2.23. The van der Waals surface area contributed by atoms with E-state index in [0.29, 0.717) is 15.9 Å². The predicted molar refractivity (Wildman–Crippen MR) is 74.1 cm³/mol. The van der Waals surface area contributed by atoms with Crippen LogP contribution in [0.4, 0.5) is 0 Å². The minimum absolute atomic E-state index is 0.163. The summed E-state index contributed by atoms with van der Waals surface area (Å²) in [6.07, 6.45) is 0. The molecule has 0 saturated carbocycles. The average molecular weight is 345 g/mol. The normalized spacial score (nSPS) is 11.7. The summed E-state index contributed by atoms with van der Waals surface area (Å²) in [4.78, 5) is 0.216. The zero-order valence-corrected chi connectivity index (χ0v) is 12.9. The minimum Gasteiger partial charge on any atom is -0.361 e. The van der Waals surface area contributed by atoms with Gasteiger partial charge in [0, 0.05) is 16.6 Å². The summed E-state index contributed by atoms with van der Waals surface area (Å²) in [6, 6.07) is 6.54. The van der Waals surface area contributed by atoms with Crippen LogP contribution in [0.3, 0.4) is 0 Å². The van der Waals surface area contributed by atoms with Gasteiger partial charge in [-0.2, -0.15) is 0 Å². The zero-order chi connectivity index (χ0) is 14.0. The highest BCUT2D eigenvalue weighted by atomic mass is 79.9. The van der Waals surface area contributed by atoms with Crippen molar-refractivity contribution in [1.29, 1.82) is 0 Å². The fraction of sp³-hybridized carbons (Fsp3) is 0.250. The molecule has 1 heterocycles. The molecule has 1 aromatic heterocycles. The Morgan fingerprint density at radius 2 is 2.11 bits per heavy atom. The van der Waals surface area contributed by atoms with Gasteiger partial charge in [0.25, 0.3) is 0 Å². The van der Waals surface area contributed by atoms with Crippen molar-refractivity contribution in [3.8, 4) is 0 Å². The summed E-state index contributed by atoms with van der Waals surface area (Å²) < 4.78 is 32.5. The maximum Gasteiger partial charge on any atom is 0.240 e. The van der Waals surface area contributed by atoms with Crippen LogP contribution in [0.1, 0.15) is 17.0 Å². The van der Waals surface area contributed by atoms with E-state index < -0.39 is 10.0 Å². The zero-order valence-electron chi connectivity index (χ0n) is 10.5. The van der Waals surface area contributed by atoms with Crippen molar-refractivity contribution < 1.29 is 12.9 Å². The van der Waals surface area contributed by atoms with Gasteiger partial charge in [-0.25, -0.2) is 13.1 Å². The highest BCUT2D eigenvalue weighted by Crippen LogP contribution is 2.17. The number of halogens is 1. The van der Waals surface area contributed by atoms with Gasteiger partial charge in [-0.1, -0.05) is 27.2 Å². The molecule has 0 amide bonds. The van der Waals surface area contributed by atoms with E-state index in [4.69, 9.17) is 4.52 Å². The Kier molecular flexibility index (Phi) is 4.07. The van der Waals surface area contributed by atoms with Crippen LogP contribution in [0.5, 0.6) is 0 Å². The molecule has 0 atom stereocenters. The predicted octanol–water partition coefficient (Wildman–Crippen LogP) is 2.53. The van der Waals surface area contributed by atoms with Crippen molar-refractivity contribution in [1.82, 2.24) is 9.88 Å². The van der Waals surface area contributed by atoms with Crippen LogP contribution in [0.2, 0.25) is 0 Å². The van der Waals surface area contributed by atoms with Gasteiger partial charge in [0.15, 0.2) is 0 Å². The molecule has 5 nitrogen and oxygen atoms in total. The quantitative estimate of drug-likeness (QED) is 0.924. The summed E-state index contributed by atoms with van der Waals surface area (Å²) in [6.45, 7) is 3.69. The molecule has 0 aliphatic rings. The standard InChI is InChI=1S/C12H13BrN2O3S/c1-8-12(9(2)18-15-8)7-14-19(16,17)11-5-3-4-10(13)6-11/h3-6,14H,7H2,1-2H3. The second kappa shape index (κ2) is 5.44. The Bertz CT molecular complexity index is 675. The third kappa shape index (κ3) is 3.23. The number of sulfonamides is 1. The van der Waals surface area contributed by atoms with E-state index in [1.54, 1.807) is 38.1 Å². The van der Waals surface area contributed by atoms with Gasteiger partial charge in [-0.05, 0) is 32.0 Å². The van der Waals surface area contributed by atoms with E-state index in [2.05, 4.69) is 25.8 Å². The molecule has 2 rings (SSSR count). The second-order valence-electron chi connectivity index (χ2n) is 4.08. The van der Waals surface area contributed by atoms with Crippen molar-refractivity contribution in [2.75, 3.05) is 0 Å². The first-order chi connectivity index (χ1) is 8.90. The molecule has 19 heavy (non-hydrogen) atoms. The van der Waals surface area contributed by atoms with Crippen LogP contribution in [0.15, 0.2) is 38.2 Å². The number of hydrogen-bond acceptors (Lipinski definition) is 4. The molecular weight excluding hydrogens is 332 g/mol. The third-order valence-corrected chi connectivity index (χ3v) is 4.62. The van der Waals surface area contributed by atoms with Crippen molar-refractivity contribution in [2.24, 2.45) is 0 Å². The van der Waals surface area contributed by atoms with Crippen LogP contribution in [0.25, 0.3) is 0 Å². The number of aromatic nitrogens is 1. The first kappa shape index (κ1) is 14.2. The molecule has 0 fully saturated rings. The van der Waals surface area contributed by atoms with Crippen molar-refractivity contribution in [2.45, 2.75) is 25.3 Å². The van der Waals surface area contributed by atoms with E-state index in [1.807, 2.05) is 0 Å². The lowest BCUT2D eigenvalue weighted by atomic mass is 10.2. The molecule has 7 heteroatoms. The Balaban J connectivity index is 2.19. The lowest BCUT2D eigenvalue weighted by Gasteiger charge is -2.06. The summed E-state index contributed by atoms with van der Waals surface area (Å²) >= 11 is 3.25. The van der Waals surface area contributed by atoms with Crippen LogP contribution in [-0.2, 0) is 16.6 Å². The van der Waals surface area contributed by atoms with Crippen LogP contribution in [-0.4, -0.2) is 13.6 Å². The molecule has 0 saturated heterocycles. The molecule has 0 aliphatic heterocycles. The fourth-order valence-electron chi connectivity index (χ4n) is 1.64. The van der Waals surface area contributed by atoms with Crippen molar-refractivity contribution in [3.05, 3.63) is 45.8 Å². The maximum absolute atomic E-state index is 12.1. The summed E-state index contributed by atoms with van der Waals surface area (Å²) in [7, 11) is -3.54. The number of nitrogens with zero attached hydrogens (tertiary/aromatic N) is 1. The highest BCUT2D eigenvalue weighted by Gasteiger charge is 2.16. The van der Waals surface area contributed by atoms with Crippen LogP contribution >= 0.6 is 15.9 Å². The average Bonchev–Trinajstić information content (AvgIpc) is 2.67. The number of nitrogens with one attached hydrogen (secondary N) is 1. The third-order valence-electron chi connectivity index (χ3n) is 2.73. The van der Waals surface area contributed by atoms with E-state index >= 15 is 0 Å². The van der Waals surface area contributed by atoms with Gasteiger partial charge in [-0.15, -0.1) is 0 Å². The smallest absolute Gasteiger partial charge is 0.240 e. The molecule has 0 bridgehead atoms. The molecule has 0 unspecified atom stereocenters. The topological polar surface area (TPSA) is 72.2 Å². The maximum atomic E-state index is 12.1. The summed E-state index contributed by atoms with van der Waals surface area (Å²) in [5.41, 5.74) is 1.45. The van der Waals surface area contributed by atoms with Crippen LogP contribution in [0, 0.1) is 13.8 Å². The second-order valence-corrected chi connectivity index (χ2v) is 6.77. The van der Waals surface area contributed by atoms with Gasteiger partial charge in [0.05, 0.1) is 10.6 Å². The van der Waals surface area contributed by atoms with Gasteiger partial charge < -0.3 is 4.52 Å². The molecular formula is C12H13BrN2O3S. The number of benzene rings is 1. The lowest BCUT2D eigenvalue weighted by molar-refractivity contribution is 0.392. The van der Waals surface area contributed by atoms with Crippen molar-refractivity contribution >= 4 is 26.0 Å². The van der Waals surface area contributed by atoms with E-state index in [0.717, 1.165) is 5.56 Å². The first-order valence-corrected chi connectivity index (χ1v) is 7.85. The first-order valence-electron chi connectivity index (χ1n) is 5.57. The molecule has 1 N–H and O–H groups in total. The van der Waals surface area contributed by atoms with Gasteiger partial charge in [-0.3, -0.25) is 0 Å². The largest absolute Gasteiger partial charge is 0.361 e. The van der Waals surface area contributed by atoms with Gasteiger partial charge >= 0.3 is 0 Å². The van der Waals surface area contributed by atoms with E-state index in [1.165, 1.54) is 0 Å². The monoisotopic (exact) mass is 344 g/mol.